The van der Waals surface area contributed by atoms with Crippen molar-refractivity contribution in [1.82, 2.24) is 15.1 Å². The molecule has 0 radical (unpaired) electrons. The van der Waals surface area contributed by atoms with Crippen LogP contribution in [0.3, 0.4) is 0 Å². The van der Waals surface area contributed by atoms with Gasteiger partial charge in [0.2, 0.25) is 5.91 Å². The van der Waals surface area contributed by atoms with Crippen LogP contribution in [0.2, 0.25) is 0 Å². The molecule has 3 amide bonds. The number of carbonyl (C=O) groups excluding carboxylic acids is 3. The Morgan fingerprint density at radius 1 is 0.833 bits per heavy atom. The fraction of sp³-hybridized carbons (Fsp3) is 0.462. The van der Waals surface area contributed by atoms with Gasteiger partial charge in [-0.3, -0.25) is 14.4 Å². The van der Waals surface area contributed by atoms with Crippen molar-refractivity contribution in [2.24, 2.45) is 5.92 Å². The minimum absolute atomic E-state index is 0.0210. The molecule has 0 aliphatic carbocycles. The number of benzene rings is 3. The number of anilines is 1. The van der Waals surface area contributed by atoms with Crippen molar-refractivity contribution in [2.45, 2.75) is 65.3 Å². The summed E-state index contributed by atoms with van der Waals surface area (Å²) >= 11 is 0. The van der Waals surface area contributed by atoms with Gasteiger partial charge in [0.15, 0.2) is 0 Å². The summed E-state index contributed by atoms with van der Waals surface area (Å²) in [5.41, 5.74) is 1.70. The Balaban J connectivity index is 1.44. The van der Waals surface area contributed by atoms with Gasteiger partial charge in [-0.05, 0) is 87.5 Å². The molecule has 0 saturated carbocycles. The first-order valence-electron chi connectivity index (χ1n) is 17.5. The number of hydrogen-bond acceptors (Lipinski definition) is 6. The maximum Gasteiger partial charge on any atom is 0.253 e. The molecular formula is C39H52N4O5. The maximum absolute atomic E-state index is 13.9. The number of carbonyl (C=O) groups is 3. The van der Waals surface area contributed by atoms with Gasteiger partial charge in [0.05, 0.1) is 18.9 Å². The van der Waals surface area contributed by atoms with Crippen LogP contribution in [0.1, 0.15) is 80.0 Å². The van der Waals surface area contributed by atoms with E-state index in [-0.39, 0.29) is 23.6 Å². The third-order valence-corrected chi connectivity index (χ3v) is 8.90. The van der Waals surface area contributed by atoms with Crippen LogP contribution in [0.15, 0.2) is 78.9 Å². The second-order valence-electron chi connectivity index (χ2n) is 12.3. The van der Waals surface area contributed by atoms with Crippen LogP contribution in [0, 0.1) is 5.92 Å². The van der Waals surface area contributed by atoms with Crippen LogP contribution in [-0.4, -0.2) is 79.5 Å². The normalized spacial score (nSPS) is 14.0. The minimum Gasteiger partial charge on any atom is -0.493 e. The molecule has 1 aliphatic heterocycles. The molecule has 3 aromatic rings. The summed E-state index contributed by atoms with van der Waals surface area (Å²) in [5, 5.41) is 6.05. The van der Waals surface area contributed by atoms with E-state index in [4.69, 9.17) is 9.47 Å². The topological polar surface area (TPSA) is 100 Å². The van der Waals surface area contributed by atoms with E-state index in [0.29, 0.717) is 61.0 Å². The molecule has 1 fully saturated rings. The number of hydrogen-bond donors (Lipinski definition) is 2. The predicted octanol–water partition coefficient (Wildman–Crippen LogP) is 6.66. The largest absolute Gasteiger partial charge is 0.493 e. The Hall–Kier alpha value is -4.37. The number of piperidine rings is 1. The highest BCUT2D eigenvalue weighted by molar-refractivity contribution is 6.01. The monoisotopic (exact) mass is 656 g/mol. The van der Waals surface area contributed by atoms with Crippen molar-refractivity contribution < 1.29 is 23.9 Å². The quantitative estimate of drug-likeness (QED) is 0.149. The summed E-state index contributed by atoms with van der Waals surface area (Å²) in [7, 11) is 0. The first-order valence-corrected chi connectivity index (χ1v) is 17.5. The zero-order valence-electron chi connectivity index (χ0n) is 28.8. The molecule has 3 aromatic carbocycles. The number of rotatable bonds is 18. The Morgan fingerprint density at radius 3 is 2.12 bits per heavy atom. The molecule has 4 rings (SSSR count). The number of unbranched alkanes of at least 4 members (excludes halogenated alkanes) is 1. The van der Waals surface area contributed by atoms with Crippen molar-refractivity contribution in [3.63, 3.8) is 0 Å². The van der Waals surface area contributed by atoms with Crippen LogP contribution >= 0.6 is 0 Å². The molecule has 1 unspecified atom stereocenters. The smallest absolute Gasteiger partial charge is 0.253 e. The van der Waals surface area contributed by atoms with Gasteiger partial charge in [-0.1, -0.05) is 63.6 Å². The third kappa shape index (κ3) is 11.1. The molecule has 9 heteroatoms. The maximum atomic E-state index is 13.9. The lowest BCUT2D eigenvalue weighted by atomic mass is 9.89. The number of nitrogens with one attached hydrogen (secondary N) is 2. The van der Waals surface area contributed by atoms with Gasteiger partial charge >= 0.3 is 0 Å². The standard InChI is InChI=1S/C39H52N4O5/c1-4-7-26-48-36-29-33(47-27-14-23-42(5-2)6-3)19-20-34(36)40-38(45)35(41-37(44)31-15-10-8-11-16-31)28-30-21-24-43(25-22-30)39(46)32-17-12-9-13-18-32/h8-13,15-20,29-30,35H,4-7,14,21-28H2,1-3H3,(H,40,45)(H,41,44). The van der Waals surface area contributed by atoms with Gasteiger partial charge in [0, 0.05) is 36.8 Å². The Labute approximate surface area is 286 Å². The van der Waals surface area contributed by atoms with Gasteiger partial charge in [0.25, 0.3) is 11.8 Å². The van der Waals surface area contributed by atoms with E-state index in [1.807, 2.05) is 59.5 Å². The fourth-order valence-corrected chi connectivity index (χ4v) is 5.91. The Morgan fingerprint density at radius 2 is 1.48 bits per heavy atom. The van der Waals surface area contributed by atoms with E-state index in [1.165, 1.54) is 0 Å². The molecule has 0 bridgehead atoms. The van der Waals surface area contributed by atoms with Crippen LogP contribution in [0.5, 0.6) is 11.5 Å². The van der Waals surface area contributed by atoms with Crippen LogP contribution < -0.4 is 20.1 Å². The zero-order valence-corrected chi connectivity index (χ0v) is 28.8. The average Bonchev–Trinajstić information content (AvgIpc) is 3.13. The number of likely N-dealkylation sites (tertiary alicyclic amines) is 1. The lowest BCUT2D eigenvalue weighted by Gasteiger charge is -2.33. The second-order valence-corrected chi connectivity index (χ2v) is 12.3. The predicted molar refractivity (Wildman–Crippen MR) is 191 cm³/mol. The van der Waals surface area contributed by atoms with E-state index in [2.05, 4.69) is 36.3 Å². The number of nitrogens with zero attached hydrogens (tertiary/aromatic N) is 2. The molecule has 258 valence electrons. The first-order chi connectivity index (χ1) is 23.4. The highest BCUT2D eigenvalue weighted by Crippen LogP contribution is 2.31. The third-order valence-electron chi connectivity index (χ3n) is 8.90. The lowest BCUT2D eigenvalue weighted by molar-refractivity contribution is -0.118. The van der Waals surface area contributed by atoms with Crippen molar-refractivity contribution >= 4 is 23.4 Å². The van der Waals surface area contributed by atoms with E-state index < -0.39 is 6.04 Å². The second kappa shape index (κ2) is 19.5. The first kappa shape index (κ1) is 36.5. The van der Waals surface area contributed by atoms with Gasteiger partial charge < -0.3 is 29.9 Å². The van der Waals surface area contributed by atoms with Crippen molar-refractivity contribution in [2.75, 3.05) is 51.3 Å². The molecule has 1 atom stereocenters. The van der Waals surface area contributed by atoms with E-state index in [9.17, 15) is 14.4 Å². The van der Waals surface area contributed by atoms with E-state index >= 15 is 0 Å². The average molecular weight is 657 g/mol. The summed E-state index contributed by atoms with van der Waals surface area (Å²) in [6.45, 7) is 11.7. The summed E-state index contributed by atoms with van der Waals surface area (Å²) in [6.07, 6.45) is 4.71. The van der Waals surface area contributed by atoms with Crippen LogP contribution in [0.25, 0.3) is 0 Å². The molecular weight excluding hydrogens is 604 g/mol. The molecule has 1 aliphatic rings. The molecule has 48 heavy (non-hydrogen) atoms. The van der Waals surface area contributed by atoms with Gasteiger partial charge in [-0.2, -0.15) is 0 Å². The lowest BCUT2D eigenvalue weighted by Crippen LogP contribution is -2.46. The molecule has 0 aromatic heterocycles. The van der Waals surface area contributed by atoms with E-state index in [0.717, 1.165) is 51.7 Å². The SMILES string of the molecule is CCCCOc1cc(OCCCN(CC)CC)ccc1NC(=O)C(CC1CCN(C(=O)c2ccccc2)CC1)NC(=O)c1ccccc1. The van der Waals surface area contributed by atoms with Gasteiger partial charge in [-0.15, -0.1) is 0 Å². The van der Waals surface area contributed by atoms with Crippen molar-refractivity contribution in [3.8, 4) is 11.5 Å². The minimum atomic E-state index is -0.779. The molecule has 0 spiro atoms. The molecule has 1 heterocycles. The summed E-state index contributed by atoms with van der Waals surface area (Å²) < 4.78 is 12.2. The Bertz CT molecular complexity index is 1420. The van der Waals surface area contributed by atoms with Crippen molar-refractivity contribution in [1.29, 1.82) is 0 Å². The van der Waals surface area contributed by atoms with Crippen LogP contribution in [0.4, 0.5) is 5.69 Å². The van der Waals surface area contributed by atoms with Crippen molar-refractivity contribution in [3.05, 3.63) is 90.0 Å². The van der Waals surface area contributed by atoms with Crippen LogP contribution in [-0.2, 0) is 4.79 Å². The number of ether oxygens (including phenoxy) is 2. The molecule has 1 saturated heterocycles. The van der Waals surface area contributed by atoms with Gasteiger partial charge in [-0.25, -0.2) is 0 Å². The summed E-state index contributed by atoms with van der Waals surface area (Å²) in [4.78, 5) is 44.4. The highest BCUT2D eigenvalue weighted by Gasteiger charge is 2.30. The zero-order chi connectivity index (χ0) is 34.1. The molecule has 9 nitrogen and oxygen atoms in total. The molecule has 2 N–H and O–H groups in total. The Kier molecular flexibility index (Phi) is 14.8. The fourth-order valence-electron chi connectivity index (χ4n) is 5.91. The number of amides is 3. The summed E-state index contributed by atoms with van der Waals surface area (Å²) in [6, 6.07) is 22.9. The van der Waals surface area contributed by atoms with E-state index in [1.54, 1.807) is 24.3 Å². The summed E-state index contributed by atoms with van der Waals surface area (Å²) in [5.74, 6) is 0.788. The highest BCUT2D eigenvalue weighted by atomic mass is 16.5. The van der Waals surface area contributed by atoms with Gasteiger partial charge in [0.1, 0.15) is 17.5 Å².